The van der Waals surface area contributed by atoms with Crippen LogP contribution in [-0.4, -0.2) is 22.5 Å². The monoisotopic (exact) mass is 246 g/mol. The number of ether oxygens (including phenoxy) is 1. The Kier molecular flexibility index (Phi) is 3.80. The van der Waals surface area contributed by atoms with Crippen LogP contribution in [0, 0.1) is 0 Å². The van der Waals surface area contributed by atoms with E-state index in [-0.39, 0.29) is 6.61 Å². The number of nitrogens with two attached hydrogens (primary N) is 1. The SMILES string of the molecule is NC(=O)COc1ccc(NCc2cnc[nH]2)cc1. The van der Waals surface area contributed by atoms with Gasteiger partial charge in [0.05, 0.1) is 18.6 Å². The molecule has 2 rings (SSSR count). The van der Waals surface area contributed by atoms with Gasteiger partial charge in [0.15, 0.2) is 6.61 Å². The van der Waals surface area contributed by atoms with E-state index >= 15 is 0 Å². The van der Waals surface area contributed by atoms with Crippen molar-refractivity contribution in [2.75, 3.05) is 11.9 Å². The predicted octanol–water partition coefficient (Wildman–Crippen LogP) is 0.886. The quantitative estimate of drug-likeness (QED) is 0.705. The van der Waals surface area contributed by atoms with Gasteiger partial charge in [-0.3, -0.25) is 4.79 Å². The van der Waals surface area contributed by atoms with Crippen molar-refractivity contribution < 1.29 is 9.53 Å². The second kappa shape index (κ2) is 5.72. The molecule has 0 atom stereocenters. The van der Waals surface area contributed by atoms with Crippen LogP contribution in [0.5, 0.6) is 5.75 Å². The highest BCUT2D eigenvalue weighted by Crippen LogP contribution is 2.15. The summed E-state index contributed by atoms with van der Waals surface area (Å²) in [6.45, 7) is 0.558. The van der Waals surface area contributed by atoms with Crippen molar-refractivity contribution in [3.63, 3.8) is 0 Å². The van der Waals surface area contributed by atoms with Crippen molar-refractivity contribution in [2.45, 2.75) is 6.54 Å². The van der Waals surface area contributed by atoms with E-state index in [1.54, 1.807) is 24.7 Å². The summed E-state index contributed by atoms with van der Waals surface area (Å²) in [5, 5.41) is 3.22. The van der Waals surface area contributed by atoms with E-state index in [1.165, 1.54) is 0 Å². The summed E-state index contributed by atoms with van der Waals surface area (Å²) in [5.74, 6) is 0.123. The first kappa shape index (κ1) is 12.0. The van der Waals surface area contributed by atoms with Gasteiger partial charge in [-0.25, -0.2) is 4.98 Å². The summed E-state index contributed by atoms with van der Waals surface area (Å²) in [7, 11) is 0. The zero-order valence-electron chi connectivity index (χ0n) is 9.72. The van der Waals surface area contributed by atoms with Gasteiger partial charge in [-0.2, -0.15) is 0 Å². The third-order valence-electron chi connectivity index (χ3n) is 2.27. The van der Waals surface area contributed by atoms with Gasteiger partial charge in [0, 0.05) is 11.9 Å². The lowest BCUT2D eigenvalue weighted by atomic mass is 10.3. The molecule has 94 valence electrons. The lowest BCUT2D eigenvalue weighted by Crippen LogP contribution is -2.19. The number of aromatic nitrogens is 2. The number of carbonyl (C=O) groups excluding carboxylic acids is 1. The number of aromatic amines is 1. The number of rotatable bonds is 6. The maximum absolute atomic E-state index is 10.5. The highest BCUT2D eigenvalue weighted by molar-refractivity contribution is 5.75. The molecule has 0 saturated heterocycles. The maximum atomic E-state index is 10.5. The molecular weight excluding hydrogens is 232 g/mol. The van der Waals surface area contributed by atoms with E-state index in [0.29, 0.717) is 12.3 Å². The summed E-state index contributed by atoms with van der Waals surface area (Å²) in [6, 6.07) is 7.29. The molecule has 0 radical (unpaired) electrons. The molecule has 4 N–H and O–H groups in total. The minimum absolute atomic E-state index is 0.110. The van der Waals surface area contributed by atoms with Gasteiger partial charge in [0.25, 0.3) is 5.91 Å². The number of anilines is 1. The van der Waals surface area contributed by atoms with Crippen molar-refractivity contribution in [3.8, 4) is 5.75 Å². The van der Waals surface area contributed by atoms with E-state index < -0.39 is 5.91 Å². The third kappa shape index (κ3) is 3.51. The number of nitrogens with zero attached hydrogens (tertiary/aromatic N) is 1. The summed E-state index contributed by atoms with van der Waals surface area (Å²) < 4.78 is 5.15. The molecule has 18 heavy (non-hydrogen) atoms. The number of nitrogens with one attached hydrogen (secondary N) is 2. The standard InChI is InChI=1S/C12H14N4O2/c13-12(17)7-18-11-3-1-9(2-4-11)15-6-10-5-14-8-16-10/h1-5,8,15H,6-7H2,(H2,13,17)(H,14,16). The fourth-order valence-corrected chi connectivity index (χ4v) is 1.40. The lowest BCUT2D eigenvalue weighted by molar-refractivity contribution is -0.119. The Morgan fingerprint density at radius 1 is 1.39 bits per heavy atom. The molecule has 2 aromatic rings. The summed E-state index contributed by atoms with van der Waals surface area (Å²) in [6.07, 6.45) is 3.40. The fraction of sp³-hybridized carbons (Fsp3) is 0.167. The molecule has 0 aliphatic carbocycles. The zero-order valence-corrected chi connectivity index (χ0v) is 9.72. The second-order valence-corrected chi connectivity index (χ2v) is 3.71. The van der Waals surface area contributed by atoms with Crippen LogP contribution in [0.2, 0.25) is 0 Å². The maximum Gasteiger partial charge on any atom is 0.255 e. The number of amides is 1. The molecule has 0 aliphatic rings. The van der Waals surface area contributed by atoms with Crippen LogP contribution >= 0.6 is 0 Å². The molecule has 0 aliphatic heterocycles. The Morgan fingerprint density at radius 2 is 2.17 bits per heavy atom. The number of H-pyrrole nitrogens is 1. The molecule has 0 fully saturated rings. The number of primary amides is 1. The van der Waals surface area contributed by atoms with Crippen LogP contribution in [0.1, 0.15) is 5.69 Å². The Bertz CT molecular complexity index is 493. The van der Waals surface area contributed by atoms with Crippen molar-refractivity contribution in [3.05, 3.63) is 42.5 Å². The highest BCUT2D eigenvalue weighted by Gasteiger charge is 1.98. The average molecular weight is 246 g/mol. The third-order valence-corrected chi connectivity index (χ3v) is 2.27. The molecule has 0 spiro atoms. The van der Waals surface area contributed by atoms with Gasteiger partial charge < -0.3 is 20.8 Å². The second-order valence-electron chi connectivity index (χ2n) is 3.71. The number of hydrogen-bond donors (Lipinski definition) is 3. The molecule has 1 heterocycles. The largest absolute Gasteiger partial charge is 0.484 e. The van der Waals surface area contributed by atoms with Crippen molar-refractivity contribution in [1.82, 2.24) is 9.97 Å². The zero-order chi connectivity index (χ0) is 12.8. The first-order valence-electron chi connectivity index (χ1n) is 5.46. The van der Waals surface area contributed by atoms with Crippen LogP contribution < -0.4 is 15.8 Å². The molecule has 0 unspecified atom stereocenters. The first-order chi connectivity index (χ1) is 8.74. The van der Waals surface area contributed by atoms with Crippen LogP contribution in [0.4, 0.5) is 5.69 Å². The lowest BCUT2D eigenvalue weighted by Gasteiger charge is -2.07. The number of imidazole rings is 1. The van der Waals surface area contributed by atoms with Crippen molar-refractivity contribution in [1.29, 1.82) is 0 Å². The van der Waals surface area contributed by atoms with Gasteiger partial charge in [0.2, 0.25) is 0 Å². The Hall–Kier alpha value is -2.50. The van der Waals surface area contributed by atoms with Gasteiger partial charge >= 0.3 is 0 Å². The average Bonchev–Trinajstić information content (AvgIpc) is 2.88. The summed E-state index contributed by atoms with van der Waals surface area (Å²) >= 11 is 0. The molecule has 1 aromatic heterocycles. The van der Waals surface area contributed by atoms with E-state index in [1.807, 2.05) is 12.1 Å². The van der Waals surface area contributed by atoms with Crippen LogP contribution in [0.3, 0.4) is 0 Å². The number of benzene rings is 1. The van der Waals surface area contributed by atoms with Crippen molar-refractivity contribution in [2.24, 2.45) is 5.73 Å². The number of carbonyl (C=O) groups is 1. The van der Waals surface area contributed by atoms with Crippen molar-refractivity contribution >= 4 is 11.6 Å². The Morgan fingerprint density at radius 3 is 2.78 bits per heavy atom. The van der Waals surface area contributed by atoms with Gasteiger partial charge in [-0.1, -0.05) is 0 Å². The minimum Gasteiger partial charge on any atom is -0.484 e. The molecular formula is C12H14N4O2. The van der Waals surface area contributed by atoms with E-state index in [2.05, 4.69) is 15.3 Å². The van der Waals surface area contributed by atoms with Gasteiger partial charge in [-0.05, 0) is 24.3 Å². The minimum atomic E-state index is -0.489. The molecule has 1 aromatic carbocycles. The molecule has 0 saturated carbocycles. The smallest absolute Gasteiger partial charge is 0.255 e. The molecule has 1 amide bonds. The van der Waals surface area contributed by atoms with Gasteiger partial charge in [-0.15, -0.1) is 0 Å². The van der Waals surface area contributed by atoms with Gasteiger partial charge in [0.1, 0.15) is 5.75 Å². The Balaban J connectivity index is 1.85. The fourth-order valence-electron chi connectivity index (χ4n) is 1.40. The van der Waals surface area contributed by atoms with E-state index in [9.17, 15) is 4.79 Å². The normalized spacial score (nSPS) is 10.0. The van der Waals surface area contributed by atoms with E-state index in [0.717, 1.165) is 11.4 Å². The van der Waals surface area contributed by atoms with Crippen LogP contribution in [0.25, 0.3) is 0 Å². The summed E-state index contributed by atoms with van der Waals surface area (Å²) in [4.78, 5) is 17.5. The first-order valence-corrected chi connectivity index (χ1v) is 5.46. The molecule has 6 nitrogen and oxygen atoms in total. The topological polar surface area (TPSA) is 93.0 Å². The van der Waals surface area contributed by atoms with Crippen LogP contribution in [-0.2, 0) is 11.3 Å². The highest BCUT2D eigenvalue weighted by atomic mass is 16.5. The predicted molar refractivity (Wildman–Crippen MR) is 67.0 cm³/mol. The molecule has 0 bridgehead atoms. The van der Waals surface area contributed by atoms with Crippen LogP contribution in [0.15, 0.2) is 36.8 Å². The Labute approximate surface area is 104 Å². The number of hydrogen-bond acceptors (Lipinski definition) is 4. The molecule has 6 heteroatoms. The van der Waals surface area contributed by atoms with E-state index in [4.69, 9.17) is 10.5 Å². The summed E-state index contributed by atoms with van der Waals surface area (Å²) in [5.41, 5.74) is 6.94.